The van der Waals surface area contributed by atoms with Crippen LogP contribution in [0.1, 0.15) is 12.8 Å². The van der Waals surface area contributed by atoms with Crippen LogP contribution in [-0.4, -0.2) is 75.2 Å². The third-order valence-corrected chi connectivity index (χ3v) is 2.68. The topological polar surface area (TPSA) is 80.2 Å². The van der Waals surface area contributed by atoms with Gasteiger partial charge in [-0.1, -0.05) is 0 Å². The molecule has 0 aromatic carbocycles. The summed E-state index contributed by atoms with van der Waals surface area (Å²) >= 11 is 0. The number of nitrogens with one attached hydrogen (secondary N) is 1. The number of hydrogen-bond donors (Lipinski definition) is 3. The Labute approximate surface area is 108 Å². The predicted molar refractivity (Wildman–Crippen MR) is 66.6 cm³/mol. The van der Waals surface area contributed by atoms with E-state index in [0.717, 1.165) is 19.4 Å². The second-order valence-electron chi connectivity index (χ2n) is 4.37. The molecule has 1 saturated heterocycles. The van der Waals surface area contributed by atoms with Crippen molar-refractivity contribution >= 4 is 0 Å². The van der Waals surface area contributed by atoms with Crippen LogP contribution in [0.25, 0.3) is 0 Å². The SMILES string of the molecule is OCCOCCNC[C@@H](O)COC[C@@H]1CCCO1. The molecule has 1 rings (SSSR count). The summed E-state index contributed by atoms with van der Waals surface area (Å²) in [5, 5.41) is 21.2. The molecule has 108 valence electrons. The first-order valence-electron chi connectivity index (χ1n) is 6.59. The van der Waals surface area contributed by atoms with Crippen molar-refractivity contribution in [2.45, 2.75) is 25.0 Å². The molecule has 0 aromatic rings. The first-order valence-corrected chi connectivity index (χ1v) is 6.59. The normalized spacial score (nSPS) is 21.3. The van der Waals surface area contributed by atoms with Gasteiger partial charge < -0.3 is 29.7 Å². The zero-order valence-electron chi connectivity index (χ0n) is 10.8. The Kier molecular flexibility index (Phi) is 9.37. The van der Waals surface area contributed by atoms with Gasteiger partial charge in [-0.2, -0.15) is 0 Å². The van der Waals surface area contributed by atoms with Gasteiger partial charge in [-0.05, 0) is 12.8 Å². The second-order valence-corrected chi connectivity index (χ2v) is 4.37. The van der Waals surface area contributed by atoms with Crippen molar-refractivity contribution < 1.29 is 24.4 Å². The average molecular weight is 263 g/mol. The number of aliphatic hydroxyl groups excluding tert-OH is 2. The van der Waals surface area contributed by atoms with Crippen molar-refractivity contribution in [1.29, 1.82) is 0 Å². The van der Waals surface area contributed by atoms with E-state index >= 15 is 0 Å². The highest BCUT2D eigenvalue weighted by Crippen LogP contribution is 2.11. The van der Waals surface area contributed by atoms with E-state index in [0.29, 0.717) is 39.5 Å². The standard InChI is InChI=1S/C12H25NO5/c14-4-7-16-6-3-13-8-11(15)9-17-10-12-2-1-5-18-12/h11-15H,1-10H2/t11-,12+/m1/s1. The van der Waals surface area contributed by atoms with Crippen molar-refractivity contribution in [2.75, 3.05) is 52.7 Å². The van der Waals surface area contributed by atoms with E-state index in [-0.39, 0.29) is 12.7 Å². The summed E-state index contributed by atoms with van der Waals surface area (Å²) in [5.74, 6) is 0. The van der Waals surface area contributed by atoms with Crippen LogP contribution in [0.2, 0.25) is 0 Å². The number of hydrogen-bond acceptors (Lipinski definition) is 6. The predicted octanol–water partition coefficient (Wildman–Crippen LogP) is -0.859. The van der Waals surface area contributed by atoms with E-state index in [4.69, 9.17) is 19.3 Å². The van der Waals surface area contributed by atoms with Crippen LogP contribution < -0.4 is 5.32 Å². The fourth-order valence-electron chi connectivity index (χ4n) is 1.75. The number of ether oxygens (including phenoxy) is 3. The molecule has 3 N–H and O–H groups in total. The molecule has 0 unspecified atom stereocenters. The van der Waals surface area contributed by atoms with E-state index < -0.39 is 6.10 Å². The van der Waals surface area contributed by atoms with Crippen molar-refractivity contribution in [1.82, 2.24) is 5.32 Å². The Hall–Kier alpha value is -0.240. The zero-order chi connectivity index (χ0) is 13.1. The Bertz CT molecular complexity index is 187. The molecule has 0 radical (unpaired) electrons. The molecule has 0 saturated carbocycles. The van der Waals surface area contributed by atoms with Crippen LogP contribution in [0.3, 0.4) is 0 Å². The summed E-state index contributed by atoms with van der Waals surface area (Å²) in [5.41, 5.74) is 0. The van der Waals surface area contributed by atoms with Crippen molar-refractivity contribution in [3.8, 4) is 0 Å². The minimum Gasteiger partial charge on any atom is -0.394 e. The smallest absolute Gasteiger partial charge is 0.0897 e. The molecule has 6 nitrogen and oxygen atoms in total. The summed E-state index contributed by atoms with van der Waals surface area (Å²) in [7, 11) is 0. The summed E-state index contributed by atoms with van der Waals surface area (Å²) in [6.07, 6.45) is 1.85. The van der Waals surface area contributed by atoms with Crippen LogP contribution in [0.15, 0.2) is 0 Å². The van der Waals surface area contributed by atoms with Gasteiger partial charge in [-0.25, -0.2) is 0 Å². The van der Waals surface area contributed by atoms with E-state index in [1.807, 2.05) is 0 Å². The lowest BCUT2D eigenvalue weighted by Gasteiger charge is -2.14. The molecule has 1 heterocycles. The highest BCUT2D eigenvalue weighted by atomic mass is 16.5. The van der Waals surface area contributed by atoms with E-state index in [1.54, 1.807) is 0 Å². The molecule has 1 fully saturated rings. The molecular weight excluding hydrogens is 238 g/mol. The molecule has 18 heavy (non-hydrogen) atoms. The summed E-state index contributed by atoms with van der Waals surface area (Å²) in [4.78, 5) is 0. The van der Waals surface area contributed by atoms with Gasteiger partial charge in [-0.3, -0.25) is 0 Å². The van der Waals surface area contributed by atoms with Gasteiger partial charge in [0.1, 0.15) is 0 Å². The van der Waals surface area contributed by atoms with Gasteiger partial charge >= 0.3 is 0 Å². The molecule has 2 atom stereocenters. The van der Waals surface area contributed by atoms with E-state index in [2.05, 4.69) is 5.32 Å². The van der Waals surface area contributed by atoms with Gasteiger partial charge in [0.2, 0.25) is 0 Å². The summed E-state index contributed by atoms with van der Waals surface area (Å²) in [6, 6.07) is 0. The molecule has 1 aliphatic rings. The van der Waals surface area contributed by atoms with Crippen LogP contribution in [0.5, 0.6) is 0 Å². The minimum atomic E-state index is -0.510. The average Bonchev–Trinajstić information content (AvgIpc) is 2.87. The lowest BCUT2D eigenvalue weighted by Crippen LogP contribution is -2.33. The molecule has 0 aliphatic carbocycles. The molecule has 0 amide bonds. The van der Waals surface area contributed by atoms with Gasteiger partial charge in [0.15, 0.2) is 0 Å². The fraction of sp³-hybridized carbons (Fsp3) is 1.00. The quantitative estimate of drug-likeness (QED) is 0.421. The number of rotatable bonds is 11. The molecule has 0 bridgehead atoms. The maximum atomic E-state index is 9.62. The largest absolute Gasteiger partial charge is 0.394 e. The lowest BCUT2D eigenvalue weighted by atomic mass is 10.2. The van der Waals surface area contributed by atoms with Crippen LogP contribution >= 0.6 is 0 Å². The van der Waals surface area contributed by atoms with Crippen LogP contribution in [-0.2, 0) is 14.2 Å². The lowest BCUT2D eigenvalue weighted by molar-refractivity contribution is -0.0167. The molecule has 0 aromatic heterocycles. The monoisotopic (exact) mass is 263 g/mol. The third-order valence-electron chi connectivity index (χ3n) is 2.68. The van der Waals surface area contributed by atoms with E-state index in [9.17, 15) is 5.11 Å². The zero-order valence-corrected chi connectivity index (χ0v) is 10.8. The molecular formula is C12H25NO5. The highest BCUT2D eigenvalue weighted by molar-refractivity contribution is 4.64. The molecule has 0 spiro atoms. The van der Waals surface area contributed by atoms with Gasteiger partial charge in [0, 0.05) is 19.7 Å². The first kappa shape index (κ1) is 15.8. The Morgan fingerprint density at radius 3 is 2.94 bits per heavy atom. The van der Waals surface area contributed by atoms with Gasteiger partial charge in [-0.15, -0.1) is 0 Å². The van der Waals surface area contributed by atoms with Gasteiger partial charge in [0.05, 0.1) is 45.2 Å². The second kappa shape index (κ2) is 10.7. The summed E-state index contributed by atoms with van der Waals surface area (Å²) in [6.45, 7) is 3.78. The summed E-state index contributed by atoms with van der Waals surface area (Å²) < 4.78 is 15.9. The van der Waals surface area contributed by atoms with Crippen molar-refractivity contribution in [3.63, 3.8) is 0 Å². The minimum absolute atomic E-state index is 0.0414. The maximum absolute atomic E-state index is 9.62. The van der Waals surface area contributed by atoms with Crippen LogP contribution in [0, 0.1) is 0 Å². The maximum Gasteiger partial charge on any atom is 0.0897 e. The highest BCUT2D eigenvalue weighted by Gasteiger charge is 2.15. The molecule has 1 aliphatic heterocycles. The van der Waals surface area contributed by atoms with Gasteiger partial charge in [0.25, 0.3) is 0 Å². The van der Waals surface area contributed by atoms with Crippen molar-refractivity contribution in [2.24, 2.45) is 0 Å². The Balaban J connectivity index is 1.82. The van der Waals surface area contributed by atoms with Crippen LogP contribution in [0.4, 0.5) is 0 Å². The number of aliphatic hydroxyl groups is 2. The first-order chi connectivity index (χ1) is 8.83. The Morgan fingerprint density at radius 1 is 1.33 bits per heavy atom. The van der Waals surface area contributed by atoms with E-state index in [1.165, 1.54) is 0 Å². The Morgan fingerprint density at radius 2 is 2.22 bits per heavy atom. The fourth-order valence-corrected chi connectivity index (χ4v) is 1.75. The van der Waals surface area contributed by atoms with Crippen molar-refractivity contribution in [3.05, 3.63) is 0 Å². The molecule has 6 heteroatoms. The third kappa shape index (κ3) is 7.97.